The Labute approximate surface area is 98.4 Å². The molecule has 2 amide bonds. The van der Waals surface area contributed by atoms with E-state index in [1.807, 2.05) is 48.8 Å². The van der Waals surface area contributed by atoms with Crippen molar-refractivity contribution in [3.05, 3.63) is 71.7 Å². The average molecular weight is 225 g/mol. The molecular formula is C13H11N3O. The summed E-state index contributed by atoms with van der Waals surface area (Å²) in [6.45, 7) is 0. The number of carbonyl (C=O) groups excluding carboxylic acids is 1. The maximum Gasteiger partial charge on any atom is 0.368 e. The minimum Gasteiger partial charge on any atom is -0.368 e. The zero-order chi connectivity index (χ0) is 11.9. The molecule has 0 saturated heterocycles. The Morgan fingerprint density at radius 1 is 0.824 bits per heavy atom. The summed E-state index contributed by atoms with van der Waals surface area (Å²) < 4.78 is 0. The first-order chi connectivity index (χ1) is 8.36. The molecule has 84 valence electrons. The standard InChI is InChI=1S/C7H4N2O.C6H7N/c10-7-8-5-3-1-2-4-6(5)9-7;1-2-4-6-7-5-3-1/h1-4H;1-7H. The van der Waals surface area contributed by atoms with Gasteiger partial charge in [-0.2, -0.15) is 9.98 Å². The molecule has 1 aromatic rings. The topological polar surface area (TPSA) is 53.8 Å². The van der Waals surface area contributed by atoms with Gasteiger partial charge in [-0.25, -0.2) is 4.79 Å². The van der Waals surface area contributed by atoms with Gasteiger partial charge in [0, 0.05) is 12.4 Å². The molecule has 0 aliphatic carbocycles. The second kappa shape index (κ2) is 5.55. The monoisotopic (exact) mass is 225 g/mol. The van der Waals surface area contributed by atoms with Crippen molar-refractivity contribution < 1.29 is 4.79 Å². The summed E-state index contributed by atoms with van der Waals surface area (Å²) in [5, 5.41) is 4.27. The van der Waals surface area contributed by atoms with Crippen LogP contribution in [-0.2, 0) is 0 Å². The van der Waals surface area contributed by atoms with Crippen LogP contribution in [-0.4, -0.2) is 6.03 Å². The second-order valence-corrected chi connectivity index (χ2v) is 3.26. The Balaban J connectivity index is 0.000000136. The zero-order valence-corrected chi connectivity index (χ0v) is 9.08. The van der Waals surface area contributed by atoms with Crippen LogP contribution in [0.1, 0.15) is 0 Å². The molecule has 0 fully saturated rings. The molecule has 0 spiro atoms. The molecule has 2 aliphatic rings. The van der Waals surface area contributed by atoms with Crippen molar-refractivity contribution in [1.29, 1.82) is 0 Å². The van der Waals surface area contributed by atoms with Crippen LogP contribution < -0.4 is 16.0 Å². The van der Waals surface area contributed by atoms with E-state index >= 15 is 0 Å². The Morgan fingerprint density at radius 2 is 1.35 bits per heavy atom. The Bertz CT molecular complexity index is 561. The fraction of sp³-hybridized carbons (Fsp3) is 0. The summed E-state index contributed by atoms with van der Waals surface area (Å²) >= 11 is 0. The first kappa shape index (κ1) is 11.0. The van der Waals surface area contributed by atoms with Crippen LogP contribution in [0.2, 0.25) is 0 Å². The number of carbonyl (C=O) groups is 1. The molecule has 1 aromatic carbocycles. The van der Waals surface area contributed by atoms with Gasteiger partial charge in [-0.15, -0.1) is 0 Å². The van der Waals surface area contributed by atoms with Gasteiger partial charge in [0.15, 0.2) is 0 Å². The number of nitrogens with zero attached hydrogens (tertiary/aromatic N) is 2. The van der Waals surface area contributed by atoms with Crippen LogP contribution in [0.3, 0.4) is 0 Å². The SMILES string of the molecule is C1=CC=CNC=C1.O=C1N=c2ccccc2=N1. The number of allylic oxidation sites excluding steroid dienone is 4. The zero-order valence-electron chi connectivity index (χ0n) is 9.08. The molecule has 4 heteroatoms. The molecule has 0 saturated carbocycles. The van der Waals surface area contributed by atoms with E-state index < -0.39 is 6.03 Å². The fourth-order valence-corrected chi connectivity index (χ4v) is 1.29. The second-order valence-electron chi connectivity index (χ2n) is 3.26. The van der Waals surface area contributed by atoms with Gasteiger partial charge >= 0.3 is 6.03 Å². The quantitative estimate of drug-likeness (QED) is 0.722. The number of fused-ring (bicyclic) bond motifs is 1. The minimum absolute atomic E-state index is 0.402. The van der Waals surface area contributed by atoms with Gasteiger partial charge in [0.05, 0.1) is 10.7 Å². The van der Waals surface area contributed by atoms with Crippen LogP contribution >= 0.6 is 0 Å². The minimum atomic E-state index is -0.402. The van der Waals surface area contributed by atoms with E-state index in [4.69, 9.17) is 0 Å². The van der Waals surface area contributed by atoms with Crippen LogP contribution in [0, 0.1) is 0 Å². The summed E-state index contributed by atoms with van der Waals surface area (Å²) in [4.78, 5) is 17.9. The van der Waals surface area contributed by atoms with Crippen molar-refractivity contribution in [2.24, 2.45) is 9.98 Å². The Hall–Kier alpha value is -2.49. The lowest BCUT2D eigenvalue weighted by Crippen LogP contribution is -2.19. The van der Waals surface area contributed by atoms with Gasteiger partial charge in [-0.3, -0.25) is 0 Å². The molecule has 2 aliphatic heterocycles. The normalized spacial score (nSPS) is 14.7. The molecule has 0 atom stereocenters. The van der Waals surface area contributed by atoms with Crippen LogP contribution in [0.15, 0.2) is 71.0 Å². The number of nitrogens with one attached hydrogen (secondary N) is 1. The number of para-hydroxylation sites is 2. The number of urea groups is 1. The molecule has 0 aromatic heterocycles. The van der Waals surface area contributed by atoms with E-state index in [2.05, 4.69) is 15.3 Å². The average Bonchev–Trinajstić information content (AvgIpc) is 2.57. The van der Waals surface area contributed by atoms with Crippen molar-refractivity contribution in [1.82, 2.24) is 5.32 Å². The molecule has 0 unspecified atom stereocenters. The fourth-order valence-electron chi connectivity index (χ4n) is 1.29. The maximum absolute atomic E-state index is 10.6. The van der Waals surface area contributed by atoms with E-state index in [-0.39, 0.29) is 0 Å². The molecule has 1 N–H and O–H groups in total. The van der Waals surface area contributed by atoms with Crippen molar-refractivity contribution in [3.63, 3.8) is 0 Å². The van der Waals surface area contributed by atoms with Crippen LogP contribution in [0.25, 0.3) is 0 Å². The van der Waals surface area contributed by atoms with Gasteiger partial charge in [0.1, 0.15) is 0 Å². The summed E-state index contributed by atoms with van der Waals surface area (Å²) in [5.41, 5.74) is 0. The van der Waals surface area contributed by atoms with Gasteiger partial charge < -0.3 is 5.32 Å². The smallest absolute Gasteiger partial charge is 0.368 e. The van der Waals surface area contributed by atoms with Crippen molar-refractivity contribution >= 4 is 6.03 Å². The van der Waals surface area contributed by atoms with E-state index in [9.17, 15) is 4.79 Å². The predicted octanol–water partition coefficient (Wildman–Crippen LogP) is 1.23. The molecular weight excluding hydrogens is 214 g/mol. The molecule has 0 bridgehead atoms. The van der Waals surface area contributed by atoms with Crippen LogP contribution in [0.5, 0.6) is 0 Å². The lowest BCUT2D eigenvalue weighted by Gasteiger charge is -1.79. The number of amides is 2. The van der Waals surface area contributed by atoms with E-state index in [0.29, 0.717) is 10.7 Å². The number of benzene rings is 1. The highest BCUT2D eigenvalue weighted by atomic mass is 16.2. The number of hydrogen-bond donors (Lipinski definition) is 1. The van der Waals surface area contributed by atoms with E-state index in [0.717, 1.165) is 0 Å². The Morgan fingerprint density at radius 3 is 1.88 bits per heavy atom. The van der Waals surface area contributed by atoms with Crippen molar-refractivity contribution in [3.8, 4) is 0 Å². The molecule has 4 nitrogen and oxygen atoms in total. The third-order valence-electron chi connectivity index (χ3n) is 2.03. The van der Waals surface area contributed by atoms with Gasteiger partial charge in [0.25, 0.3) is 0 Å². The van der Waals surface area contributed by atoms with Gasteiger partial charge in [-0.1, -0.05) is 24.3 Å². The van der Waals surface area contributed by atoms with Gasteiger partial charge in [0.2, 0.25) is 0 Å². The van der Waals surface area contributed by atoms with Crippen LogP contribution in [0.4, 0.5) is 4.79 Å². The summed E-state index contributed by atoms with van der Waals surface area (Å²) in [6, 6.07) is 6.79. The molecule has 3 rings (SSSR count). The third kappa shape index (κ3) is 3.24. The van der Waals surface area contributed by atoms with E-state index in [1.165, 1.54) is 0 Å². The maximum atomic E-state index is 10.6. The third-order valence-corrected chi connectivity index (χ3v) is 2.03. The first-order valence-electron chi connectivity index (χ1n) is 5.17. The van der Waals surface area contributed by atoms with Gasteiger partial charge in [-0.05, 0) is 24.3 Å². The summed E-state index contributed by atoms with van der Waals surface area (Å²) in [7, 11) is 0. The lowest BCUT2D eigenvalue weighted by atomic mass is 10.3. The summed E-state index contributed by atoms with van der Waals surface area (Å²) in [6.07, 6.45) is 11.6. The van der Waals surface area contributed by atoms with Crippen molar-refractivity contribution in [2.75, 3.05) is 0 Å². The predicted molar refractivity (Wildman–Crippen MR) is 64.7 cm³/mol. The molecule has 0 radical (unpaired) electrons. The highest BCUT2D eigenvalue weighted by Gasteiger charge is 2.01. The number of rotatable bonds is 0. The highest BCUT2D eigenvalue weighted by Crippen LogP contribution is 1.83. The first-order valence-corrected chi connectivity index (χ1v) is 5.17. The van der Waals surface area contributed by atoms with Crippen molar-refractivity contribution in [2.45, 2.75) is 0 Å². The largest absolute Gasteiger partial charge is 0.368 e. The molecule has 2 heterocycles. The highest BCUT2D eigenvalue weighted by molar-refractivity contribution is 5.77. The summed E-state index contributed by atoms with van der Waals surface area (Å²) in [5.74, 6) is 0. The lowest BCUT2D eigenvalue weighted by molar-refractivity contribution is 0.256. The number of hydrogen-bond acceptors (Lipinski definition) is 2. The molecule has 17 heavy (non-hydrogen) atoms. The van der Waals surface area contributed by atoms with E-state index in [1.54, 1.807) is 12.1 Å². The Kier molecular flexibility index (Phi) is 3.60.